The van der Waals surface area contributed by atoms with Crippen LogP contribution < -0.4 is 10.6 Å². The monoisotopic (exact) mass is 366 g/mol. The highest BCUT2D eigenvalue weighted by molar-refractivity contribution is 5.93. The van der Waals surface area contributed by atoms with Gasteiger partial charge in [0.2, 0.25) is 0 Å². The van der Waals surface area contributed by atoms with Crippen LogP contribution in [0.2, 0.25) is 0 Å². The van der Waals surface area contributed by atoms with E-state index in [1.54, 1.807) is 0 Å². The van der Waals surface area contributed by atoms with Crippen molar-refractivity contribution in [2.75, 3.05) is 13.2 Å². The summed E-state index contributed by atoms with van der Waals surface area (Å²) in [6.07, 6.45) is 9.89. The Morgan fingerprint density at radius 1 is 0.692 bits per heavy atom. The number of rotatable bonds is 8. The molecule has 0 spiro atoms. The third-order valence-electron chi connectivity index (χ3n) is 4.49. The van der Waals surface area contributed by atoms with Crippen LogP contribution in [0.1, 0.15) is 51.4 Å². The summed E-state index contributed by atoms with van der Waals surface area (Å²) in [5.41, 5.74) is 0. The highest BCUT2D eigenvalue weighted by atomic mass is 16.5. The molecule has 0 bridgehead atoms. The molecule has 0 aromatic carbocycles. The van der Waals surface area contributed by atoms with E-state index < -0.39 is 25.2 Å². The van der Waals surface area contributed by atoms with Crippen LogP contribution in [0.15, 0.2) is 12.2 Å². The van der Waals surface area contributed by atoms with E-state index in [4.69, 9.17) is 9.47 Å². The average molecular weight is 366 g/mol. The van der Waals surface area contributed by atoms with Gasteiger partial charge in [0.1, 0.15) is 0 Å². The third kappa shape index (κ3) is 7.67. The zero-order chi connectivity index (χ0) is 18.8. The maximum atomic E-state index is 11.6. The number of nitrogens with one attached hydrogen (secondary N) is 2. The minimum absolute atomic E-state index is 0.155. The molecule has 2 rings (SSSR count). The number of ether oxygens (including phenoxy) is 2. The topological polar surface area (TPSA) is 111 Å². The lowest BCUT2D eigenvalue weighted by molar-refractivity contribution is -0.145. The second-order valence-corrected chi connectivity index (χ2v) is 6.65. The molecule has 2 aliphatic carbocycles. The molecular formula is C18H26N2O6. The lowest BCUT2D eigenvalue weighted by atomic mass is 10.2. The molecular weight excluding hydrogens is 340 g/mol. The molecule has 0 saturated heterocycles. The van der Waals surface area contributed by atoms with Crippen molar-refractivity contribution in [3.8, 4) is 0 Å². The Hall–Kier alpha value is -2.38. The molecule has 0 aromatic rings. The molecule has 0 radical (unpaired) electrons. The fourth-order valence-electron chi connectivity index (χ4n) is 3.18. The molecule has 2 N–H and O–H groups in total. The Morgan fingerprint density at radius 3 is 1.38 bits per heavy atom. The molecule has 0 heterocycles. The smallest absolute Gasteiger partial charge is 0.331 e. The molecule has 0 aromatic heterocycles. The van der Waals surface area contributed by atoms with Crippen LogP contribution in [0.3, 0.4) is 0 Å². The molecule has 2 amide bonds. The average Bonchev–Trinajstić information content (AvgIpc) is 3.30. The normalized spacial score (nSPS) is 18.0. The summed E-state index contributed by atoms with van der Waals surface area (Å²) < 4.78 is 9.51. The van der Waals surface area contributed by atoms with Gasteiger partial charge in [-0.3, -0.25) is 9.59 Å². The molecule has 26 heavy (non-hydrogen) atoms. The predicted molar refractivity (Wildman–Crippen MR) is 91.9 cm³/mol. The minimum atomic E-state index is -0.820. The molecule has 2 saturated carbocycles. The van der Waals surface area contributed by atoms with Gasteiger partial charge in [0, 0.05) is 24.2 Å². The second-order valence-electron chi connectivity index (χ2n) is 6.65. The first-order valence-electron chi connectivity index (χ1n) is 9.13. The van der Waals surface area contributed by atoms with Crippen molar-refractivity contribution in [1.29, 1.82) is 0 Å². The van der Waals surface area contributed by atoms with Crippen LogP contribution in [0.25, 0.3) is 0 Å². The zero-order valence-corrected chi connectivity index (χ0v) is 14.8. The van der Waals surface area contributed by atoms with Gasteiger partial charge in [-0.1, -0.05) is 25.7 Å². The third-order valence-corrected chi connectivity index (χ3v) is 4.49. The van der Waals surface area contributed by atoms with Crippen molar-refractivity contribution in [3.05, 3.63) is 12.2 Å². The molecule has 2 fully saturated rings. The molecule has 0 aliphatic heterocycles. The Balaban J connectivity index is 1.56. The number of carbonyl (C=O) groups is 4. The van der Waals surface area contributed by atoms with Crippen LogP contribution in [-0.4, -0.2) is 49.1 Å². The zero-order valence-electron chi connectivity index (χ0n) is 14.8. The number of carbonyl (C=O) groups excluding carboxylic acids is 4. The van der Waals surface area contributed by atoms with Crippen molar-refractivity contribution >= 4 is 23.8 Å². The molecule has 8 nitrogen and oxygen atoms in total. The van der Waals surface area contributed by atoms with Crippen molar-refractivity contribution in [2.24, 2.45) is 0 Å². The van der Waals surface area contributed by atoms with E-state index >= 15 is 0 Å². The number of hydrogen-bond donors (Lipinski definition) is 2. The van der Waals surface area contributed by atoms with Crippen LogP contribution >= 0.6 is 0 Å². The van der Waals surface area contributed by atoms with E-state index in [9.17, 15) is 19.2 Å². The Morgan fingerprint density at radius 2 is 1.04 bits per heavy atom. The van der Waals surface area contributed by atoms with Crippen molar-refractivity contribution in [1.82, 2.24) is 10.6 Å². The first-order chi connectivity index (χ1) is 12.5. The van der Waals surface area contributed by atoms with Gasteiger partial charge >= 0.3 is 11.9 Å². The van der Waals surface area contributed by atoms with E-state index in [0.29, 0.717) is 0 Å². The van der Waals surface area contributed by atoms with Crippen LogP contribution in [0.4, 0.5) is 0 Å². The largest absolute Gasteiger partial charge is 0.452 e. The quantitative estimate of drug-likeness (QED) is 0.484. The minimum Gasteiger partial charge on any atom is -0.452 e. The summed E-state index contributed by atoms with van der Waals surface area (Å²) in [6, 6.07) is 0.309. The van der Waals surface area contributed by atoms with Crippen molar-refractivity contribution < 1.29 is 28.7 Å². The van der Waals surface area contributed by atoms with Crippen molar-refractivity contribution in [3.63, 3.8) is 0 Å². The van der Waals surface area contributed by atoms with E-state index in [-0.39, 0.29) is 23.9 Å². The number of hydrogen-bond acceptors (Lipinski definition) is 6. The van der Waals surface area contributed by atoms with Gasteiger partial charge in [-0.25, -0.2) is 9.59 Å². The summed E-state index contributed by atoms with van der Waals surface area (Å²) in [6.45, 7) is -0.781. The number of esters is 2. The standard InChI is InChI=1S/C18H26N2O6/c21-15(19-13-5-1-2-6-13)11-25-17(23)9-10-18(24)26-12-16(22)20-14-7-3-4-8-14/h9-10,13-14H,1-8,11-12H2,(H,19,21)(H,20,22)/b10-9+. The first-order valence-corrected chi connectivity index (χ1v) is 9.13. The van der Waals surface area contributed by atoms with Gasteiger partial charge in [-0.2, -0.15) is 0 Å². The van der Waals surface area contributed by atoms with Crippen molar-refractivity contribution in [2.45, 2.75) is 63.5 Å². The van der Waals surface area contributed by atoms with Gasteiger partial charge in [-0.15, -0.1) is 0 Å². The van der Waals surface area contributed by atoms with Crippen LogP contribution in [0, 0.1) is 0 Å². The predicted octanol–water partition coefficient (Wildman–Crippen LogP) is 0.747. The maximum Gasteiger partial charge on any atom is 0.331 e. The van der Waals surface area contributed by atoms with Gasteiger partial charge in [0.15, 0.2) is 13.2 Å². The summed E-state index contributed by atoms with van der Waals surface area (Å²) >= 11 is 0. The first kappa shape index (κ1) is 19.9. The van der Waals surface area contributed by atoms with E-state index in [0.717, 1.165) is 63.5 Å². The summed E-state index contributed by atoms with van der Waals surface area (Å²) in [7, 11) is 0. The Bertz CT molecular complexity index is 500. The second kappa shape index (κ2) is 10.6. The molecule has 0 unspecified atom stereocenters. The molecule has 144 valence electrons. The van der Waals surface area contributed by atoms with Gasteiger partial charge < -0.3 is 20.1 Å². The van der Waals surface area contributed by atoms with Gasteiger partial charge in [0.05, 0.1) is 0 Å². The maximum absolute atomic E-state index is 11.6. The highest BCUT2D eigenvalue weighted by Gasteiger charge is 2.18. The van der Waals surface area contributed by atoms with Crippen LogP contribution in [-0.2, 0) is 28.7 Å². The molecule has 0 atom stereocenters. The fourth-order valence-corrected chi connectivity index (χ4v) is 3.18. The molecule has 2 aliphatic rings. The van der Waals surface area contributed by atoms with E-state index in [1.165, 1.54) is 0 Å². The van der Waals surface area contributed by atoms with E-state index in [2.05, 4.69) is 10.6 Å². The van der Waals surface area contributed by atoms with Gasteiger partial charge in [-0.05, 0) is 25.7 Å². The lowest BCUT2D eigenvalue weighted by Gasteiger charge is -2.11. The summed E-state index contributed by atoms with van der Waals surface area (Å²) in [4.78, 5) is 46.2. The van der Waals surface area contributed by atoms with Gasteiger partial charge in [0.25, 0.3) is 11.8 Å². The Kier molecular flexibility index (Phi) is 8.11. The highest BCUT2D eigenvalue weighted by Crippen LogP contribution is 2.18. The fraction of sp³-hybridized carbons (Fsp3) is 0.667. The summed E-state index contributed by atoms with van der Waals surface area (Å²) in [5, 5.41) is 5.57. The lowest BCUT2D eigenvalue weighted by Crippen LogP contribution is -2.36. The molecule has 8 heteroatoms. The SMILES string of the molecule is O=C(COC(=O)/C=C/C(=O)OCC(=O)NC1CCCC1)NC1CCCC1. The Labute approximate surface area is 152 Å². The van der Waals surface area contributed by atoms with Crippen LogP contribution in [0.5, 0.6) is 0 Å². The number of amides is 2. The van der Waals surface area contributed by atoms with E-state index in [1.807, 2.05) is 0 Å². The summed E-state index contributed by atoms with van der Waals surface area (Å²) in [5.74, 6) is -2.35.